The number of hydrogen-bond acceptors (Lipinski definition) is 6. The largest absolute Gasteiger partial charge is 0.741 e. The molecule has 0 atom stereocenters. The van der Waals surface area contributed by atoms with Crippen LogP contribution in [0, 0.1) is 0 Å². The third-order valence-corrected chi connectivity index (χ3v) is 10.2. The zero-order valence-electron chi connectivity index (χ0n) is 19.9. The molecule has 1 N–H and O–H groups in total. The van der Waals surface area contributed by atoms with Crippen LogP contribution in [0.3, 0.4) is 0 Å². The van der Waals surface area contributed by atoms with Crippen LogP contribution in [0.2, 0.25) is 0 Å². The molecule has 0 aliphatic carbocycles. The van der Waals surface area contributed by atoms with Gasteiger partial charge in [-0.3, -0.25) is 0 Å². The number of alkyl halides is 3. The van der Waals surface area contributed by atoms with Gasteiger partial charge in [-0.1, -0.05) is 0 Å². The monoisotopic (exact) mass is 636 g/mol. The van der Waals surface area contributed by atoms with Crippen molar-refractivity contribution in [2.75, 3.05) is 38.0 Å². The van der Waals surface area contributed by atoms with E-state index in [2.05, 4.69) is 111 Å². The van der Waals surface area contributed by atoms with Crippen LogP contribution < -0.4 is 17.0 Å². The van der Waals surface area contributed by atoms with E-state index in [0.29, 0.717) is 0 Å². The number of rotatable bonds is 4. The van der Waals surface area contributed by atoms with E-state index in [4.69, 9.17) is 13.0 Å². The van der Waals surface area contributed by atoms with E-state index in [1.807, 2.05) is 0 Å². The summed E-state index contributed by atoms with van der Waals surface area (Å²) in [4.78, 5) is 4.26. The number of nitrogens with zero attached hydrogens (tertiary/aromatic N) is 2. The van der Waals surface area contributed by atoms with E-state index in [-0.39, 0.29) is 0 Å². The molecular weight excluding hydrogens is 609 g/mol. The van der Waals surface area contributed by atoms with E-state index >= 15 is 0 Å². The molecule has 0 amide bonds. The van der Waals surface area contributed by atoms with Gasteiger partial charge in [-0.25, -0.2) is 8.42 Å². The van der Waals surface area contributed by atoms with Gasteiger partial charge < -0.3 is 4.55 Å². The molecule has 6 nitrogen and oxygen atoms in total. The molecule has 0 spiro atoms. The predicted octanol–water partition coefficient (Wildman–Crippen LogP) is 3.27. The standard InChI is InChI=1S/C24H25N2OTe.CHF3O3S/c1-25(2)19-13-5-9-17-11-7-15-21(23(17)19)28(27)22-16-8-12-18-10-6-14-20(24(18)22)26(3)4;2-1(3,4)8(5,6)7/h5-16,27H,1-4H3;(H,5,6,7)/q+1;/p-1. The first kappa shape index (κ1) is 28.0. The molecule has 4 aromatic rings. The van der Waals surface area contributed by atoms with Crippen LogP contribution in [-0.2, 0) is 10.1 Å². The third kappa shape index (κ3) is 5.88. The second kappa shape index (κ2) is 10.8. The molecule has 0 aliphatic rings. The fourth-order valence-electron chi connectivity index (χ4n) is 3.76. The van der Waals surface area contributed by atoms with Crippen molar-refractivity contribution >= 4 is 70.2 Å². The van der Waals surface area contributed by atoms with E-state index in [1.165, 1.54) is 21.5 Å². The average molecular weight is 634 g/mol. The molecule has 0 saturated heterocycles. The zero-order valence-corrected chi connectivity index (χ0v) is 23.1. The summed E-state index contributed by atoms with van der Waals surface area (Å²) in [5.41, 5.74) is -3.34. The molecule has 11 heteroatoms. The van der Waals surface area contributed by atoms with Crippen molar-refractivity contribution in [3.63, 3.8) is 0 Å². The van der Waals surface area contributed by atoms with Crippen LogP contribution in [-0.4, -0.2) is 70.1 Å². The topological polar surface area (TPSA) is 83.9 Å². The fraction of sp³-hybridized carbons (Fsp3) is 0.200. The molecule has 4 rings (SSSR count). The summed E-state index contributed by atoms with van der Waals surface area (Å²) in [7, 11) is 2.15. The minimum atomic E-state index is -6.09. The quantitative estimate of drug-likeness (QED) is 0.211. The van der Waals surface area contributed by atoms with Gasteiger partial charge in [-0.2, -0.15) is 13.2 Å². The summed E-state index contributed by atoms with van der Waals surface area (Å²) >= 11 is -2.79. The van der Waals surface area contributed by atoms with Crippen LogP contribution in [0.1, 0.15) is 0 Å². The summed E-state index contributed by atoms with van der Waals surface area (Å²) in [5.74, 6) is 0. The third-order valence-electron chi connectivity index (χ3n) is 5.35. The Labute approximate surface area is 215 Å². The Morgan fingerprint density at radius 3 is 1.31 bits per heavy atom. The van der Waals surface area contributed by atoms with Gasteiger partial charge in [0.2, 0.25) is 0 Å². The maximum Gasteiger partial charge on any atom is 0.485 e. The smallest absolute Gasteiger partial charge is 0.485 e. The first-order chi connectivity index (χ1) is 16.7. The van der Waals surface area contributed by atoms with Gasteiger partial charge in [0.05, 0.1) is 0 Å². The minimum absolute atomic E-state index is 1.10. The summed E-state index contributed by atoms with van der Waals surface area (Å²) < 4.78 is 72.8. The van der Waals surface area contributed by atoms with Crippen molar-refractivity contribution in [3.8, 4) is 0 Å². The number of hydrogen-bond donors (Lipinski definition) is 1. The van der Waals surface area contributed by atoms with E-state index in [0.717, 1.165) is 18.6 Å². The molecule has 0 unspecified atom stereocenters. The molecular formula is C25H25F3N2O4STe. The van der Waals surface area contributed by atoms with Crippen molar-refractivity contribution in [1.82, 2.24) is 0 Å². The van der Waals surface area contributed by atoms with Crippen molar-refractivity contribution < 1.29 is 29.6 Å². The van der Waals surface area contributed by atoms with Gasteiger partial charge in [0, 0.05) is 0 Å². The van der Waals surface area contributed by atoms with Gasteiger partial charge in [0.25, 0.3) is 0 Å². The van der Waals surface area contributed by atoms with Crippen molar-refractivity contribution in [2.24, 2.45) is 0 Å². The van der Waals surface area contributed by atoms with Crippen LogP contribution in [0.4, 0.5) is 24.5 Å². The van der Waals surface area contributed by atoms with Crippen LogP contribution >= 0.6 is 0 Å². The molecule has 0 aromatic heterocycles. The Balaban J connectivity index is 0.000000392. The van der Waals surface area contributed by atoms with Gasteiger partial charge in [-0.05, 0) is 0 Å². The molecule has 36 heavy (non-hydrogen) atoms. The van der Waals surface area contributed by atoms with E-state index < -0.39 is 35.6 Å². The SMILES string of the molecule is CN(C)c1cccc2cccc([Te+](O)c3cccc4cccc(N(C)C)c34)c12.O=S(=O)([O-])C(F)(F)F. The minimum Gasteiger partial charge on any atom is -0.741 e. The molecule has 4 aromatic carbocycles. The van der Waals surface area contributed by atoms with Crippen molar-refractivity contribution in [2.45, 2.75) is 5.51 Å². The maximum absolute atomic E-state index is 11.7. The number of anilines is 2. The molecule has 0 heterocycles. The summed E-state index contributed by atoms with van der Waals surface area (Å²) in [6, 6.07) is 25.3. The Morgan fingerprint density at radius 2 is 1.03 bits per heavy atom. The summed E-state index contributed by atoms with van der Waals surface area (Å²) in [6.07, 6.45) is 0. The number of fused-ring (bicyclic) bond motifs is 2. The van der Waals surface area contributed by atoms with Crippen LogP contribution in [0.25, 0.3) is 21.5 Å². The summed E-state index contributed by atoms with van der Waals surface area (Å²) in [6.45, 7) is 0. The predicted molar refractivity (Wildman–Crippen MR) is 140 cm³/mol. The molecule has 0 saturated carbocycles. The second-order valence-electron chi connectivity index (χ2n) is 8.24. The van der Waals surface area contributed by atoms with Crippen molar-refractivity contribution in [1.29, 1.82) is 0 Å². The van der Waals surface area contributed by atoms with Crippen molar-refractivity contribution in [3.05, 3.63) is 72.8 Å². The Hall–Kier alpha value is -2.55. The summed E-state index contributed by atoms with van der Waals surface area (Å²) in [5, 5.41) is 4.70. The molecule has 0 radical (unpaired) electrons. The first-order valence-corrected chi connectivity index (χ1v) is 15.4. The average Bonchev–Trinajstić information content (AvgIpc) is 2.81. The second-order valence-corrected chi connectivity index (χ2v) is 13.7. The van der Waals surface area contributed by atoms with Gasteiger partial charge in [0.15, 0.2) is 10.1 Å². The first-order valence-electron chi connectivity index (χ1n) is 10.6. The normalized spacial score (nSPS) is 11.9. The van der Waals surface area contributed by atoms with Crippen LogP contribution in [0.15, 0.2) is 72.8 Å². The fourth-order valence-corrected chi connectivity index (χ4v) is 7.99. The molecule has 0 bridgehead atoms. The molecule has 192 valence electrons. The van der Waals surface area contributed by atoms with Gasteiger partial charge in [-0.15, -0.1) is 0 Å². The molecule has 0 fully saturated rings. The molecule has 0 aliphatic heterocycles. The Morgan fingerprint density at radius 1 is 0.722 bits per heavy atom. The van der Waals surface area contributed by atoms with Gasteiger partial charge in [0.1, 0.15) is 0 Å². The Kier molecular flexibility index (Phi) is 8.43. The van der Waals surface area contributed by atoms with Crippen LogP contribution in [0.5, 0.6) is 0 Å². The zero-order chi connectivity index (χ0) is 26.8. The Bertz CT molecular complexity index is 1390. The number of benzene rings is 4. The number of halogens is 3. The maximum atomic E-state index is 11.7. The van der Waals surface area contributed by atoms with E-state index in [1.54, 1.807) is 0 Å². The van der Waals surface area contributed by atoms with Gasteiger partial charge >= 0.3 is 180 Å². The van der Waals surface area contributed by atoms with E-state index in [9.17, 15) is 16.6 Å².